The van der Waals surface area contributed by atoms with Crippen molar-refractivity contribution in [2.75, 3.05) is 19.6 Å². The smallest absolute Gasteiger partial charge is 0.246 e. The van der Waals surface area contributed by atoms with Gasteiger partial charge in [-0.15, -0.1) is 11.3 Å². The van der Waals surface area contributed by atoms with Gasteiger partial charge in [-0.05, 0) is 18.8 Å². The molecule has 22 heavy (non-hydrogen) atoms. The van der Waals surface area contributed by atoms with Crippen molar-refractivity contribution in [2.45, 2.75) is 52.4 Å². The fraction of sp³-hybridized carbons (Fsp3) is 0.800. The van der Waals surface area contributed by atoms with Gasteiger partial charge in [0.1, 0.15) is 0 Å². The summed E-state index contributed by atoms with van der Waals surface area (Å²) in [6.07, 6.45) is 2.70. The molecule has 0 amide bonds. The van der Waals surface area contributed by atoms with E-state index in [1.54, 1.807) is 15.6 Å². The molecule has 2 heterocycles. The SMILES string of the molecule is CC1CCCN(S(=O)(=O)NCCc2nc(C(C)(C)C)cs2)C1. The molecule has 7 heteroatoms. The van der Waals surface area contributed by atoms with Crippen molar-refractivity contribution in [2.24, 2.45) is 5.92 Å². The maximum Gasteiger partial charge on any atom is 0.279 e. The molecule has 0 saturated carbocycles. The van der Waals surface area contributed by atoms with E-state index < -0.39 is 10.2 Å². The molecule has 1 fully saturated rings. The predicted octanol–water partition coefficient (Wildman–Crippen LogP) is 2.55. The Bertz CT molecular complexity index is 590. The van der Waals surface area contributed by atoms with Gasteiger partial charge >= 0.3 is 0 Å². The first-order valence-corrected chi connectivity index (χ1v) is 10.2. The van der Waals surface area contributed by atoms with E-state index >= 15 is 0 Å². The van der Waals surface area contributed by atoms with E-state index in [2.05, 4.69) is 42.8 Å². The maximum absolute atomic E-state index is 12.3. The minimum atomic E-state index is -3.35. The average molecular weight is 346 g/mol. The molecule has 1 saturated heterocycles. The van der Waals surface area contributed by atoms with Crippen LogP contribution in [0.3, 0.4) is 0 Å². The van der Waals surface area contributed by atoms with Crippen molar-refractivity contribution < 1.29 is 8.42 Å². The fourth-order valence-corrected chi connectivity index (χ4v) is 4.90. The number of hydrogen-bond donors (Lipinski definition) is 1. The molecule has 2 rings (SSSR count). The van der Waals surface area contributed by atoms with Gasteiger partial charge in [0.2, 0.25) is 0 Å². The molecule has 126 valence electrons. The van der Waals surface area contributed by atoms with Gasteiger partial charge in [-0.1, -0.05) is 27.7 Å². The van der Waals surface area contributed by atoms with E-state index in [1.807, 2.05) is 0 Å². The molecular weight excluding hydrogens is 318 g/mol. The van der Waals surface area contributed by atoms with Gasteiger partial charge < -0.3 is 0 Å². The van der Waals surface area contributed by atoms with Crippen LogP contribution in [-0.4, -0.2) is 37.3 Å². The lowest BCUT2D eigenvalue weighted by Crippen LogP contribution is -2.46. The summed E-state index contributed by atoms with van der Waals surface area (Å²) < 4.78 is 28.9. The van der Waals surface area contributed by atoms with E-state index in [1.165, 1.54) is 0 Å². The second-order valence-electron chi connectivity index (χ2n) is 7.13. The van der Waals surface area contributed by atoms with Gasteiger partial charge in [-0.2, -0.15) is 12.7 Å². The Morgan fingerprint density at radius 3 is 2.77 bits per heavy atom. The first-order chi connectivity index (χ1) is 10.2. The number of piperidine rings is 1. The van der Waals surface area contributed by atoms with E-state index in [-0.39, 0.29) is 5.41 Å². The second-order valence-corrected chi connectivity index (χ2v) is 9.83. The van der Waals surface area contributed by atoms with E-state index in [4.69, 9.17) is 0 Å². The highest BCUT2D eigenvalue weighted by Crippen LogP contribution is 2.24. The predicted molar refractivity (Wildman–Crippen MR) is 91.4 cm³/mol. The monoisotopic (exact) mass is 345 g/mol. The lowest BCUT2D eigenvalue weighted by molar-refractivity contribution is 0.278. The van der Waals surface area contributed by atoms with Crippen LogP contribution in [0.15, 0.2) is 5.38 Å². The Kier molecular flexibility index (Phi) is 5.63. The topological polar surface area (TPSA) is 62.3 Å². The van der Waals surface area contributed by atoms with Crippen LogP contribution in [0.1, 0.15) is 51.2 Å². The summed E-state index contributed by atoms with van der Waals surface area (Å²) in [5.74, 6) is 0.443. The van der Waals surface area contributed by atoms with Crippen LogP contribution in [-0.2, 0) is 22.0 Å². The summed E-state index contributed by atoms with van der Waals surface area (Å²) >= 11 is 1.60. The molecule has 1 aliphatic heterocycles. The van der Waals surface area contributed by atoms with Crippen molar-refractivity contribution in [3.63, 3.8) is 0 Å². The molecule has 0 bridgehead atoms. The number of thiazole rings is 1. The molecule has 0 aliphatic carbocycles. The van der Waals surface area contributed by atoms with Crippen molar-refractivity contribution in [3.8, 4) is 0 Å². The number of hydrogen-bond acceptors (Lipinski definition) is 4. The summed E-state index contributed by atoms with van der Waals surface area (Å²) in [5.41, 5.74) is 1.11. The molecule has 1 aromatic rings. The van der Waals surface area contributed by atoms with Crippen LogP contribution in [0, 0.1) is 5.92 Å². The van der Waals surface area contributed by atoms with Crippen molar-refractivity contribution >= 4 is 21.5 Å². The van der Waals surface area contributed by atoms with Crippen LogP contribution in [0.4, 0.5) is 0 Å². The number of nitrogens with zero attached hydrogens (tertiary/aromatic N) is 2. The molecule has 1 aliphatic rings. The molecular formula is C15H27N3O2S2. The maximum atomic E-state index is 12.3. The zero-order valence-corrected chi connectivity index (χ0v) is 15.6. The number of rotatable bonds is 5. The third-order valence-electron chi connectivity index (χ3n) is 3.90. The fourth-order valence-electron chi connectivity index (χ4n) is 2.51. The van der Waals surface area contributed by atoms with E-state index in [0.29, 0.717) is 32.0 Å². The number of aromatic nitrogens is 1. The van der Waals surface area contributed by atoms with Crippen LogP contribution < -0.4 is 4.72 Å². The summed E-state index contributed by atoms with van der Waals surface area (Å²) in [7, 11) is -3.35. The molecule has 5 nitrogen and oxygen atoms in total. The number of nitrogens with one attached hydrogen (secondary N) is 1. The molecule has 0 aromatic carbocycles. The molecule has 1 unspecified atom stereocenters. The quantitative estimate of drug-likeness (QED) is 0.892. The largest absolute Gasteiger partial charge is 0.279 e. The Morgan fingerprint density at radius 2 is 2.18 bits per heavy atom. The summed E-state index contributed by atoms with van der Waals surface area (Å²) in [6.45, 7) is 10.2. The van der Waals surface area contributed by atoms with Gasteiger partial charge in [0, 0.05) is 36.9 Å². The van der Waals surface area contributed by atoms with Crippen LogP contribution in [0.2, 0.25) is 0 Å². The minimum Gasteiger partial charge on any atom is -0.246 e. The third-order valence-corrected chi connectivity index (χ3v) is 6.39. The van der Waals surface area contributed by atoms with Crippen LogP contribution >= 0.6 is 11.3 Å². The van der Waals surface area contributed by atoms with E-state index in [9.17, 15) is 8.42 Å². The zero-order chi connectivity index (χ0) is 16.4. The lowest BCUT2D eigenvalue weighted by Gasteiger charge is -2.29. The Hall–Kier alpha value is -0.500. The Balaban J connectivity index is 1.86. The Morgan fingerprint density at radius 1 is 1.45 bits per heavy atom. The summed E-state index contributed by atoms with van der Waals surface area (Å²) in [5, 5.41) is 3.05. The zero-order valence-electron chi connectivity index (χ0n) is 13.9. The van der Waals surface area contributed by atoms with Crippen LogP contribution in [0.5, 0.6) is 0 Å². The first kappa shape index (κ1) is 17.8. The molecule has 1 atom stereocenters. The van der Waals surface area contributed by atoms with Gasteiger partial charge in [-0.25, -0.2) is 9.71 Å². The van der Waals surface area contributed by atoms with Gasteiger partial charge in [-0.3, -0.25) is 0 Å². The van der Waals surface area contributed by atoms with Crippen molar-refractivity contribution in [1.29, 1.82) is 0 Å². The third kappa shape index (κ3) is 4.75. The molecule has 1 N–H and O–H groups in total. The highest BCUT2D eigenvalue weighted by Gasteiger charge is 2.26. The van der Waals surface area contributed by atoms with E-state index in [0.717, 1.165) is 23.5 Å². The molecule has 0 radical (unpaired) electrons. The first-order valence-electron chi connectivity index (χ1n) is 7.88. The van der Waals surface area contributed by atoms with Crippen molar-refractivity contribution in [1.82, 2.24) is 14.0 Å². The second kappa shape index (κ2) is 6.95. The lowest BCUT2D eigenvalue weighted by atomic mass is 9.93. The summed E-state index contributed by atoms with van der Waals surface area (Å²) in [4.78, 5) is 4.60. The van der Waals surface area contributed by atoms with Gasteiger partial charge in [0.15, 0.2) is 0 Å². The van der Waals surface area contributed by atoms with Gasteiger partial charge in [0.25, 0.3) is 10.2 Å². The highest BCUT2D eigenvalue weighted by atomic mass is 32.2. The Labute approximate surface area is 138 Å². The normalized spacial score (nSPS) is 21.2. The molecule has 0 spiro atoms. The average Bonchev–Trinajstić information content (AvgIpc) is 2.87. The minimum absolute atomic E-state index is 0.0399. The van der Waals surface area contributed by atoms with Gasteiger partial charge in [0.05, 0.1) is 10.7 Å². The highest BCUT2D eigenvalue weighted by molar-refractivity contribution is 7.87. The summed E-state index contributed by atoms with van der Waals surface area (Å²) in [6, 6.07) is 0. The molecule has 1 aromatic heterocycles. The standard InChI is InChI=1S/C15H27N3O2S2/c1-12-6-5-9-18(10-12)22(19,20)16-8-7-14-17-13(11-21-14)15(2,3)4/h11-12,16H,5-10H2,1-4H3. The van der Waals surface area contributed by atoms with Crippen molar-refractivity contribution in [3.05, 3.63) is 16.1 Å². The van der Waals surface area contributed by atoms with Crippen LogP contribution in [0.25, 0.3) is 0 Å².